The standard InChI is InChI=1S/C21H32N4O3/c1-2-24(15-20(26)27)19-12-17(13-19)23-21(28)22-14-16-8-10-25(11-9-16)18-6-4-3-5-7-18/h3-7,16-17,19H,2,8-15H2,1H3,(H,26,27)(H2,22,23,28). The third-order valence-corrected chi connectivity index (χ3v) is 6.00. The number of piperidine rings is 1. The average molecular weight is 389 g/mol. The number of nitrogens with one attached hydrogen (secondary N) is 2. The quantitative estimate of drug-likeness (QED) is 0.635. The smallest absolute Gasteiger partial charge is 0.317 e. The molecule has 28 heavy (non-hydrogen) atoms. The number of anilines is 1. The van der Waals surface area contributed by atoms with Crippen LogP contribution in [0.2, 0.25) is 0 Å². The van der Waals surface area contributed by atoms with E-state index in [9.17, 15) is 9.59 Å². The van der Waals surface area contributed by atoms with Gasteiger partial charge in [0, 0.05) is 37.4 Å². The number of para-hydroxylation sites is 1. The van der Waals surface area contributed by atoms with Crippen LogP contribution in [-0.4, -0.2) is 66.8 Å². The van der Waals surface area contributed by atoms with E-state index in [4.69, 9.17) is 5.11 Å². The Kier molecular flexibility index (Phi) is 7.14. The molecule has 0 unspecified atom stereocenters. The number of carbonyl (C=O) groups excluding carboxylic acids is 1. The topological polar surface area (TPSA) is 84.9 Å². The summed E-state index contributed by atoms with van der Waals surface area (Å²) in [7, 11) is 0. The Morgan fingerprint density at radius 3 is 2.46 bits per heavy atom. The second kappa shape index (κ2) is 9.78. The molecule has 1 aliphatic carbocycles. The van der Waals surface area contributed by atoms with Crippen molar-refractivity contribution in [3.8, 4) is 0 Å². The zero-order chi connectivity index (χ0) is 19.9. The molecule has 0 radical (unpaired) electrons. The minimum atomic E-state index is -0.797. The molecular weight excluding hydrogens is 356 g/mol. The van der Waals surface area contributed by atoms with E-state index in [0.717, 1.165) is 45.3 Å². The van der Waals surface area contributed by atoms with Crippen molar-refractivity contribution in [3.63, 3.8) is 0 Å². The van der Waals surface area contributed by atoms with Gasteiger partial charge in [-0.2, -0.15) is 0 Å². The lowest BCUT2D eigenvalue weighted by atomic mass is 9.85. The summed E-state index contributed by atoms with van der Waals surface area (Å²) in [6.07, 6.45) is 3.82. The fraction of sp³-hybridized carbons (Fsp3) is 0.619. The van der Waals surface area contributed by atoms with E-state index >= 15 is 0 Å². The predicted octanol–water partition coefficient (Wildman–Crippen LogP) is 2.14. The minimum Gasteiger partial charge on any atom is -0.480 e. The Hall–Kier alpha value is -2.28. The number of hydrogen-bond donors (Lipinski definition) is 3. The summed E-state index contributed by atoms with van der Waals surface area (Å²) < 4.78 is 0. The second-order valence-corrected chi connectivity index (χ2v) is 7.90. The van der Waals surface area contributed by atoms with Crippen LogP contribution in [0, 0.1) is 5.92 Å². The number of benzene rings is 1. The molecule has 1 aromatic rings. The molecule has 0 bridgehead atoms. The maximum Gasteiger partial charge on any atom is 0.317 e. The molecule has 1 saturated heterocycles. The van der Waals surface area contributed by atoms with Crippen molar-refractivity contribution in [1.29, 1.82) is 0 Å². The summed E-state index contributed by atoms with van der Waals surface area (Å²) in [5.41, 5.74) is 1.27. The Balaban J connectivity index is 1.30. The summed E-state index contributed by atoms with van der Waals surface area (Å²) >= 11 is 0. The number of carboxylic acids is 1. The van der Waals surface area contributed by atoms with Crippen LogP contribution in [0.4, 0.5) is 10.5 Å². The number of rotatable bonds is 8. The maximum atomic E-state index is 12.2. The van der Waals surface area contributed by atoms with E-state index in [1.807, 2.05) is 17.9 Å². The molecule has 1 aromatic carbocycles. The van der Waals surface area contributed by atoms with Crippen molar-refractivity contribution < 1.29 is 14.7 Å². The van der Waals surface area contributed by atoms with Crippen LogP contribution in [-0.2, 0) is 4.79 Å². The lowest BCUT2D eigenvalue weighted by molar-refractivity contribution is -0.139. The van der Waals surface area contributed by atoms with Gasteiger partial charge in [-0.3, -0.25) is 9.69 Å². The molecular formula is C21H32N4O3. The number of urea groups is 1. The fourth-order valence-corrected chi connectivity index (χ4v) is 4.18. The first-order valence-corrected chi connectivity index (χ1v) is 10.3. The number of hydrogen-bond acceptors (Lipinski definition) is 4. The van der Waals surface area contributed by atoms with Crippen molar-refractivity contribution in [2.24, 2.45) is 5.92 Å². The average Bonchev–Trinajstić information content (AvgIpc) is 2.68. The zero-order valence-corrected chi connectivity index (χ0v) is 16.6. The van der Waals surface area contributed by atoms with E-state index in [1.54, 1.807) is 0 Å². The van der Waals surface area contributed by atoms with Gasteiger partial charge in [-0.1, -0.05) is 25.1 Å². The molecule has 1 aliphatic heterocycles. The predicted molar refractivity (Wildman–Crippen MR) is 110 cm³/mol. The molecule has 1 heterocycles. The Labute approximate surface area is 167 Å². The third-order valence-electron chi connectivity index (χ3n) is 6.00. The van der Waals surface area contributed by atoms with Crippen LogP contribution >= 0.6 is 0 Å². The number of amides is 2. The van der Waals surface area contributed by atoms with E-state index in [1.165, 1.54) is 5.69 Å². The highest BCUT2D eigenvalue weighted by molar-refractivity contribution is 5.74. The van der Waals surface area contributed by atoms with Crippen LogP contribution < -0.4 is 15.5 Å². The van der Waals surface area contributed by atoms with Crippen molar-refractivity contribution in [1.82, 2.24) is 15.5 Å². The number of carboxylic acid groups (broad SMARTS) is 1. The lowest BCUT2D eigenvalue weighted by Crippen LogP contribution is -2.56. The minimum absolute atomic E-state index is 0.0712. The van der Waals surface area contributed by atoms with E-state index in [-0.39, 0.29) is 24.7 Å². The SMILES string of the molecule is CCN(CC(=O)O)C1CC(NC(=O)NCC2CCN(c3ccccc3)CC2)C1. The first-order valence-electron chi connectivity index (χ1n) is 10.3. The molecule has 154 valence electrons. The molecule has 2 aliphatic rings. The van der Waals surface area contributed by atoms with E-state index in [2.05, 4.69) is 39.8 Å². The highest BCUT2D eigenvalue weighted by Crippen LogP contribution is 2.26. The molecule has 3 N–H and O–H groups in total. The molecule has 0 atom stereocenters. The molecule has 1 saturated carbocycles. The first kappa shape index (κ1) is 20.5. The highest BCUT2D eigenvalue weighted by atomic mass is 16.4. The normalized spacial score (nSPS) is 22.6. The van der Waals surface area contributed by atoms with Crippen molar-refractivity contribution >= 4 is 17.7 Å². The third kappa shape index (κ3) is 5.61. The summed E-state index contributed by atoms with van der Waals surface area (Å²) in [6, 6.07) is 10.8. The van der Waals surface area contributed by atoms with Crippen LogP contribution in [0.1, 0.15) is 32.6 Å². The maximum absolute atomic E-state index is 12.2. The molecule has 3 rings (SSSR count). The number of likely N-dealkylation sites (N-methyl/N-ethyl adjacent to an activating group) is 1. The van der Waals surface area contributed by atoms with Gasteiger partial charge in [-0.15, -0.1) is 0 Å². The molecule has 2 amide bonds. The second-order valence-electron chi connectivity index (χ2n) is 7.90. The fourth-order valence-electron chi connectivity index (χ4n) is 4.18. The number of carbonyl (C=O) groups is 2. The monoisotopic (exact) mass is 388 g/mol. The van der Waals surface area contributed by atoms with Crippen molar-refractivity contribution in [2.75, 3.05) is 37.6 Å². The van der Waals surface area contributed by atoms with Gasteiger partial charge in [0.1, 0.15) is 0 Å². The summed E-state index contributed by atoms with van der Waals surface area (Å²) in [6.45, 7) is 5.53. The van der Waals surface area contributed by atoms with Gasteiger partial charge in [0.2, 0.25) is 0 Å². The van der Waals surface area contributed by atoms with Crippen molar-refractivity contribution in [2.45, 2.75) is 44.7 Å². The van der Waals surface area contributed by atoms with Crippen LogP contribution in [0.15, 0.2) is 30.3 Å². The van der Waals surface area contributed by atoms with Crippen LogP contribution in [0.25, 0.3) is 0 Å². The Morgan fingerprint density at radius 2 is 1.86 bits per heavy atom. The Morgan fingerprint density at radius 1 is 1.18 bits per heavy atom. The van der Waals surface area contributed by atoms with E-state index < -0.39 is 5.97 Å². The zero-order valence-electron chi connectivity index (χ0n) is 16.6. The van der Waals surface area contributed by atoms with Gasteiger partial charge >= 0.3 is 12.0 Å². The van der Waals surface area contributed by atoms with Gasteiger partial charge < -0.3 is 20.6 Å². The molecule has 0 aromatic heterocycles. The van der Waals surface area contributed by atoms with Gasteiger partial charge in [0.25, 0.3) is 0 Å². The first-order chi connectivity index (χ1) is 13.5. The van der Waals surface area contributed by atoms with Gasteiger partial charge in [-0.25, -0.2) is 4.79 Å². The lowest BCUT2D eigenvalue weighted by Gasteiger charge is -2.42. The summed E-state index contributed by atoms with van der Waals surface area (Å²) in [4.78, 5) is 27.4. The summed E-state index contributed by atoms with van der Waals surface area (Å²) in [5, 5.41) is 15.0. The number of nitrogens with zero attached hydrogens (tertiary/aromatic N) is 2. The molecule has 7 heteroatoms. The largest absolute Gasteiger partial charge is 0.480 e. The molecule has 2 fully saturated rings. The van der Waals surface area contributed by atoms with Gasteiger partial charge in [-0.05, 0) is 50.3 Å². The van der Waals surface area contributed by atoms with Crippen LogP contribution in [0.5, 0.6) is 0 Å². The van der Waals surface area contributed by atoms with E-state index in [0.29, 0.717) is 12.5 Å². The van der Waals surface area contributed by atoms with Crippen LogP contribution in [0.3, 0.4) is 0 Å². The number of aliphatic carboxylic acids is 1. The van der Waals surface area contributed by atoms with Gasteiger partial charge in [0.05, 0.1) is 6.54 Å². The molecule has 7 nitrogen and oxygen atoms in total. The molecule has 0 spiro atoms. The highest BCUT2D eigenvalue weighted by Gasteiger charge is 2.34. The Bertz CT molecular complexity index is 640. The van der Waals surface area contributed by atoms with Crippen molar-refractivity contribution in [3.05, 3.63) is 30.3 Å². The van der Waals surface area contributed by atoms with Gasteiger partial charge in [0.15, 0.2) is 0 Å². The summed E-state index contributed by atoms with van der Waals surface area (Å²) in [5.74, 6) is -0.277.